The molecular formula is C13H24O14. The summed E-state index contributed by atoms with van der Waals surface area (Å²) in [5, 5.41) is 102. The number of rotatable bonds is 12. The summed E-state index contributed by atoms with van der Waals surface area (Å²) >= 11 is 0. The molecule has 0 aromatic heterocycles. The van der Waals surface area contributed by atoms with E-state index in [9.17, 15) is 45.3 Å². The SMILES string of the molecule is O=C(O[C@@H](C(=O)O)[C@H](O)[C@H](O)[C@@H](O)[C@H](O)CO)[C@H](O)[C@@H](O)[C@H](O)[C@H](O)CO. The van der Waals surface area contributed by atoms with Gasteiger partial charge in [-0.1, -0.05) is 0 Å². The summed E-state index contributed by atoms with van der Waals surface area (Å²) < 4.78 is 4.24. The van der Waals surface area contributed by atoms with Crippen molar-refractivity contribution in [2.45, 2.75) is 54.9 Å². The highest BCUT2D eigenvalue weighted by Gasteiger charge is 2.43. The van der Waals surface area contributed by atoms with E-state index in [-0.39, 0.29) is 0 Å². The minimum absolute atomic E-state index is 1.05. The summed E-state index contributed by atoms with van der Waals surface area (Å²) in [4.78, 5) is 22.8. The first-order valence-corrected chi connectivity index (χ1v) is 7.50. The van der Waals surface area contributed by atoms with Crippen LogP contribution in [0.4, 0.5) is 0 Å². The second-order valence-electron chi connectivity index (χ2n) is 5.59. The molecule has 0 unspecified atom stereocenters. The second-order valence-corrected chi connectivity index (χ2v) is 5.59. The van der Waals surface area contributed by atoms with Crippen molar-refractivity contribution >= 4 is 11.9 Å². The molecule has 160 valence electrons. The highest BCUT2D eigenvalue weighted by atomic mass is 16.6. The van der Waals surface area contributed by atoms with Crippen LogP contribution in [0.25, 0.3) is 0 Å². The molecule has 14 heteroatoms. The van der Waals surface area contributed by atoms with E-state index in [0.29, 0.717) is 0 Å². The lowest BCUT2D eigenvalue weighted by Gasteiger charge is -2.30. The van der Waals surface area contributed by atoms with Crippen LogP contribution in [0.15, 0.2) is 0 Å². The summed E-state index contributed by atoms with van der Waals surface area (Å²) in [5.74, 6) is -3.96. The van der Waals surface area contributed by atoms with Crippen LogP contribution in [0.1, 0.15) is 0 Å². The van der Waals surface area contributed by atoms with E-state index >= 15 is 0 Å². The lowest BCUT2D eigenvalue weighted by atomic mass is 9.99. The molecule has 0 rings (SSSR count). The van der Waals surface area contributed by atoms with Gasteiger partial charge in [-0.05, 0) is 0 Å². The number of carboxylic acid groups (broad SMARTS) is 1. The fourth-order valence-electron chi connectivity index (χ4n) is 1.84. The van der Waals surface area contributed by atoms with Gasteiger partial charge in [0, 0.05) is 0 Å². The van der Waals surface area contributed by atoms with Crippen molar-refractivity contribution in [2.75, 3.05) is 13.2 Å². The van der Waals surface area contributed by atoms with Crippen molar-refractivity contribution in [1.82, 2.24) is 0 Å². The molecule has 0 aliphatic carbocycles. The maximum atomic E-state index is 11.7. The Hall–Kier alpha value is -1.46. The number of ether oxygens (including phenoxy) is 1. The zero-order valence-electron chi connectivity index (χ0n) is 13.8. The Kier molecular flexibility index (Phi) is 10.8. The maximum Gasteiger partial charge on any atom is 0.347 e. The third-order valence-electron chi connectivity index (χ3n) is 3.57. The molecule has 0 bridgehead atoms. The average Bonchev–Trinajstić information content (AvgIpc) is 2.66. The quantitative estimate of drug-likeness (QED) is 0.135. The average molecular weight is 404 g/mol. The molecule has 0 saturated carbocycles. The van der Waals surface area contributed by atoms with Gasteiger partial charge in [-0.25, -0.2) is 9.59 Å². The third kappa shape index (κ3) is 6.89. The fraction of sp³-hybridized carbons (Fsp3) is 0.846. The Balaban J connectivity index is 5.18. The Bertz CT molecular complexity index is 472. The lowest BCUT2D eigenvalue weighted by molar-refractivity contribution is -0.197. The summed E-state index contributed by atoms with van der Waals surface area (Å²) in [6.45, 7) is -2.10. The first-order valence-electron chi connectivity index (χ1n) is 7.50. The Morgan fingerprint density at radius 3 is 1.44 bits per heavy atom. The summed E-state index contributed by atoms with van der Waals surface area (Å²) in [6, 6.07) is 0. The van der Waals surface area contributed by atoms with Gasteiger partial charge in [0.05, 0.1) is 13.2 Å². The standard InChI is InChI=1S/C13H24O14/c14-1-3(16)5(18)7(20)9(22)11(12(24)25)27-13(26)10(23)8(21)6(19)4(17)2-15/h3-11,14-23H,1-2H2,(H,24,25)/t3-,4-,5+,6-,7-,8+,9-,10-,11-/m1/s1. The normalized spacial score (nSPS) is 21.9. The predicted octanol–water partition coefficient (Wildman–Crippen LogP) is -7.15. The van der Waals surface area contributed by atoms with Gasteiger partial charge in [0.15, 0.2) is 6.10 Å². The van der Waals surface area contributed by atoms with Crippen LogP contribution >= 0.6 is 0 Å². The van der Waals surface area contributed by atoms with Crippen molar-refractivity contribution in [3.8, 4) is 0 Å². The van der Waals surface area contributed by atoms with Gasteiger partial charge in [0.25, 0.3) is 0 Å². The molecule has 27 heavy (non-hydrogen) atoms. The second kappa shape index (κ2) is 11.4. The van der Waals surface area contributed by atoms with Gasteiger partial charge >= 0.3 is 11.9 Å². The Morgan fingerprint density at radius 1 is 0.667 bits per heavy atom. The van der Waals surface area contributed by atoms with Crippen molar-refractivity contribution in [1.29, 1.82) is 0 Å². The summed E-state index contributed by atoms with van der Waals surface area (Å²) in [6.07, 6.45) is -21.0. The number of hydrogen-bond donors (Lipinski definition) is 11. The monoisotopic (exact) mass is 404 g/mol. The molecule has 0 spiro atoms. The number of aliphatic hydroxyl groups is 10. The Labute approximate surface area is 151 Å². The van der Waals surface area contributed by atoms with Crippen molar-refractivity contribution in [3.63, 3.8) is 0 Å². The summed E-state index contributed by atoms with van der Waals surface area (Å²) in [5.41, 5.74) is 0. The van der Waals surface area contributed by atoms with Crippen LogP contribution < -0.4 is 0 Å². The highest BCUT2D eigenvalue weighted by molar-refractivity contribution is 5.81. The van der Waals surface area contributed by atoms with E-state index in [0.717, 1.165) is 0 Å². The molecule has 11 N–H and O–H groups in total. The van der Waals surface area contributed by atoms with Crippen LogP contribution in [-0.2, 0) is 14.3 Å². The van der Waals surface area contributed by atoms with E-state index in [4.69, 9.17) is 20.4 Å². The van der Waals surface area contributed by atoms with E-state index in [1.807, 2.05) is 0 Å². The number of esters is 1. The zero-order chi connectivity index (χ0) is 21.5. The molecule has 0 heterocycles. The molecule has 0 aliphatic rings. The summed E-state index contributed by atoms with van der Waals surface area (Å²) in [7, 11) is 0. The van der Waals surface area contributed by atoms with Gasteiger partial charge in [-0.15, -0.1) is 0 Å². The van der Waals surface area contributed by atoms with Gasteiger partial charge in [0.2, 0.25) is 6.10 Å². The van der Waals surface area contributed by atoms with Crippen LogP contribution in [0.2, 0.25) is 0 Å². The number of carbonyl (C=O) groups excluding carboxylic acids is 1. The predicted molar refractivity (Wildman–Crippen MR) is 79.7 cm³/mol. The van der Waals surface area contributed by atoms with Crippen molar-refractivity contribution in [2.24, 2.45) is 0 Å². The van der Waals surface area contributed by atoms with Gasteiger partial charge in [0.1, 0.15) is 42.7 Å². The third-order valence-corrected chi connectivity index (χ3v) is 3.57. The van der Waals surface area contributed by atoms with Crippen LogP contribution in [0.3, 0.4) is 0 Å². The van der Waals surface area contributed by atoms with E-state index < -0.39 is 80.1 Å². The van der Waals surface area contributed by atoms with Crippen molar-refractivity contribution < 1.29 is 70.5 Å². The number of carboxylic acids is 1. The van der Waals surface area contributed by atoms with E-state index in [1.54, 1.807) is 0 Å². The molecule has 0 radical (unpaired) electrons. The molecule has 0 amide bonds. The molecule has 0 fully saturated rings. The molecular weight excluding hydrogens is 380 g/mol. The molecule has 0 aliphatic heterocycles. The Morgan fingerprint density at radius 2 is 1.07 bits per heavy atom. The topological polar surface area (TPSA) is 266 Å². The number of hydrogen-bond acceptors (Lipinski definition) is 13. The molecule has 0 saturated heterocycles. The van der Waals surface area contributed by atoms with Gasteiger partial charge < -0.3 is 60.9 Å². The van der Waals surface area contributed by atoms with Crippen molar-refractivity contribution in [3.05, 3.63) is 0 Å². The van der Waals surface area contributed by atoms with E-state index in [1.165, 1.54) is 0 Å². The smallest absolute Gasteiger partial charge is 0.347 e. The van der Waals surface area contributed by atoms with Gasteiger partial charge in [-0.2, -0.15) is 0 Å². The minimum atomic E-state index is -2.62. The first-order chi connectivity index (χ1) is 12.4. The van der Waals surface area contributed by atoms with Crippen LogP contribution in [-0.4, -0.2) is 136 Å². The van der Waals surface area contributed by atoms with Crippen LogP contribution in [0, 0.1) is 0 Å². The maximum absolute atomic E-state index is 11.7. The minimum Gasteiger partial charge on any atom is -0.478 e. The highest BCUT2D eigenvalue weighted by Crippen LogP contribution is 2.14. The van der Waals surface area contributed by atoms with E-state index in [2.05, 4.69) is 4.74 Å². The fourth-order valence-corrected chi connectivity index (χ4v) is 1.84. The van der Waals surface area contributed by atoms with Crippen LogP contribution in [0.5, 0.6) is 0 Å². The number of aliphatic hydroxyl groups excluding tert-OH is 10. The molecule has 0 aromatic carbocycles. The molecule has 0 aromatic rings. The largest absolute Gasteiger partial charge is 0.478 e. The zero-order valence-corrected chi connectivity index (χ0v) is 13.8. The molecule has 14 nitrogen and oxygen atoms in total. The first kappa shape index (κ1) is 25.5. The van der Waals surface area contributed by atoms with Gasteiger partial charge in [-0.3, -0.25) is 0 Å². The number of aliphatic carboxylic acids is 1. The number of carbonyl (C=O) groups is 2. The lowest BCUT2D eigenvalue weighted by Crippen LogP contribution is -2.55. The molecule has 9 atom stereocenters.